The van der Waals surface area contributed by atoms with Gasteiger partial charge in [-0.2, -0.15) is 0 Å². The van der Waals surface area contributed by atoms with Gasteiger partial charge in [-0.3, -0.25) is 9.69 Å². The summed E-state index contributed by atoms with van der Waals surface area (Å²) >= 11 is 1.51. The van der Waals surface area contributed by atoms with E-state index >= 15 is 0 Å². The maximum absolute atomic E-state index is 12.5. The van der Waals surface area contributed by atoms with Crippen molar-refractivity contribution >= 4 is 28.3 Å². The molecule has 1 saturated heterocycles. The molecule has 0 radical (unpaired) electrons. The Bertz CT molecular complexity index is 1370. The average molecular weight is 514 g/mol. The summed E-state index contributed by atoms with van der Waals surface area (Å²) in [6, 6.07) is 16.6. The quantitative estimate of drug-likeness (QED) is 0.401. The number of carbonyl (C=O) groups excluding carboxylic acids is 1. The highest BCUT2D eigenvalue weighted by molar-refractivity contribution is 7.15. The molecule has 8 nitrogen and oxygen atoms in total. The number of nitrogens with zero attached hydrogens (tertiary/aromatic N) is 6. The van der Waals surface area contributed by atoms with Gasteiger partial charge in [0.15, 0.2) is 5.13 Å². The van der Waals surface area contributed by atoms with Crippen LogP contribution in [0.5, 0.6) is 0 Å². The molecule has 0 spiro atoms. The summed E-state index contributed by atoms with van der Waals surface area (Å²) in [7, 11) is 0. The normalized spacial score (nSPS) is 14.1. The monoisotopic (exact) mass is 513 g/mol. The van der Waals surface area contributed by atoms with Gasteiger partial charge in [0.05, 0.1) is 12.2 Å². The van der Waals surface area contributed by atoms with Crippen LogP contribution < -0.4 is 10.2 Å². The van der Waals surface area contributed by atoms with Crippen molar-refractivity contribution in [2.75, 3.05) is 42.9 Å². The second-order valence-electron chi connectivity index (χ2n) is 9.51. The minimum atomic E-state index is -0.0378. The van der Waals surface area contributed by atoms with Crippen LogP contribution in [0.2, 0.25) is 0 Å². The molecule has 5 rings (SSSR count). The van der Waals surface area contributed by atoms with E-state index in [1.807, 2.05) is 13.8 Å². The van der Waals surface area contributed by atoms with E-state index in [0.29, 0.717) is 17.6 Å². The van der Waals surface area contributed by atoms with Crippen LogP contribution in [0.15, 0.2) is 48.5 Å². The summed E-state index contributed by atoms with van der Waals surface area (Å²) in [5.74, 6) is 0.577. The van der Waals surface area contributed by atoms with E-state index < -0.39 is 0 Å². The van der Waals surface area contributed by atoms with Crippen LogP contribution in [-0.4, -0.2) is 63.7 Å². The summed E-state index contributed by atoms with van der Waals surface area (Å²) < 4.78 is 0. The van der Waals surface area contributed by atoms with Crippen molar-refractivity contribution in [3.05, 3.63) is 70.2 Å². The van der Waals surface area contributed by atoms with Gasteiger partial charge < -0.3 is 10.2 Å². The van der Waals surface area contributed by atoms with Crippen LogP contribution >= 0.6 is 11.3 Å². The van der Waals surface area contributed by atoms with Crippen molar-refractivity contribution < 1.29 is 4.79 Å². The first-order valence-electron chi connectivity index (χ1n) is 12.5. The third-order valence-electron chi connectivity index (χ3n) is 6.62. The van der Waals surface area contributed by atoms with Gasteiger partial charge in [0.25, 0.3) is 0 Å². The van der Waals surface area contributed by atoms with Crippen LogP contribution in [0, 0.1) is 27.7 Å². The van der Waals surface area contributed by atoms with Crippen molar-refractivity contribution in [2.24, 2.45) is 0 Å². The molecule has 1 amide bonds. The van der Waals surface area contributed by atoms with Gasteiger partial charge in [-0.05, 0) is 27.7 Å². The molecule has 1 N–H and O–H groups in total. The molecule has 0 atom stereocenters. The molecule has 3 heterocycles. The molecule has 37 heavy (non-hydrogen) atoms. The molecule has 1 aliphatic heterocycles. The molecule has 2 aromatic carbocycles. The number of benzene rings is 2. The van der Waals surface area contributed by atoms with E-state index in [0.717, 1.165) is 59.3 Å². The molecule has 4 aromatic rings. The van der Waals surface area contributed by atoms with Crippen molar-refractivity contribution in [1.82, 2.24) is 25.1 Å². The summed E-state index contributed by atoms with van der Waals surface area (Å²) in [5.41, 5.74) is 6.96. The SMILES string of the molecule is Cc1ccc(-c2nnc(N3CCN(CC(=O)Nc4nc(C)c(C)s4)CC3)nc2-c2ccc(C)cc2)cc1. The van der Waals surface area contributed by atoms with Crippen molar-refractivity contribution in [3.8, 4) is 22.5 Å². The first kappa shape index (κ1) is 25.0. The van der Waals surface area contributed by atoms with Crippen molar-refractivity contribution in [1.29, 1.82) is 0 Å². The lowest BCUT2D eigenvalue weighted by Crippen LogP contribution is -2.49. The Labute approximate surface area is 221 Å². The first-order valence-corrected chi connectivity index (χ1v) is 13.3. The molecule has 1 fully saturated rings. The number of carbonyl (C=O) groups is 1. The summed E-state index contributed by atoms with van der Waals surface area (Å²) in [6.45, 7) is 11.4. The molecule has 1 aliphatic rings. The molecule has 0 unspecified atom stereocenters. The maximum Gasteiger partial charge on any atom is 0.246 e. The first-order chi connectivity index (χ1) is 17.9. The Hall–Kier alpha value is -3.69. The number of amides is 1. The third kappa shape index (κ3) is 5.84. The van der Waals surface area contributed by atoms with Crippen LogP contribution in [0.25, 0.3) is 22.5 Å². The third-order valence-corrected chi connectivity index (χ3v) is 7.61. The highest BCUT2D eigenvalue weighted by Gasteiger charge is 2.23. The number of hydrogen-bond donors (Lipinski definition) is 1. The minimum absolute atomic E-state index is 0.0378. The largest absolute Gasteiger partial charge is 0.337 e. The van der Waals surface area contributed by atoms with E-state index in [9.17, 15) is 4.79 Å². The number of hydrogen-bond acceptors (Lipinski definition) is 8. The Morgan fingerprint density at radius 3 is 1.97 bits per heavy atom. The van der Waals surface area contributed by atoms with Gasteiger partial charge in [0.2, 0.25) is 11.9 Å². The number of anilines is 2. The van der Waals surface area contributed by atoms with Gasteiger partial charge in [-0.15, -0.1) is 21.5 Å². The number of aromatic nitrogens is 4. The molecular formula is C28H31N7OS. The average Bonchev–Trinajstić information content (AvgIpc) is 3.21. The smallest absolute Gasteiger partial charge is 0.246 e. The van der Waals surface area contributed by atoms with Crippen LogP contribution in [0.3, 0.4) is 0 Å². The topological polar surface area (TPSA) is 87.1 Å². The standard InChI is InChI=1S/C28H31N7OS/c1-18-5-9-22(10-6-18)25-26(23-11-7-19(2)8-12-23)32-33-27(31-25)35-15-13-34(14-16-35)17-24(36)30-28-29-20(3)21(4)37-28/h5-12H,13-17H2,1-4H3,(H,29,30,36). The van der Waals surface area contributed by atoms with Gasteiger partial charge >= 0.3 is 0 Å². The number of piperazine rings is 1. The second-order valence-corrected chi connectivity index (χ2v) is 10.7. The molecular weight excluding hydrogens is 482 g/mol. The highest BCUT2D eigenvalue weighted by Crippen LogP contribution is 2.30. The Morgan fingerprint density at radius 2 is 1.41 bits per heavy atom. The lowest BCUT2D eigenvalue weighted by molar-refractivity contribution is -0.117. The fraction of sp³-hybridized carbons (Fsp3) is 0.321. The molecule has 190 valence electrons. The number of rotatable bonds is 6. The fourth-order valence-electron chi connectivity index (χ4n) is 4.26. The zero-order valence-corrected chi connectivity index (χ0v) is 22.5. The zero-order valence-electron chi connectivity index (χ0n) is 21.7. The second kappa shape index (κ2) is 10.7. The fourth-order valence-corrected chi connectivity index (χ4v) is 5.09. The summed E-state index contributed by atoms with van der Waals surface area (Å²) in [5, 5.41) is 12.7. The van der Waals surface area contributed by atoms with Gasteiger partial charge in [-0.25, -0.2) is 9.97 Å². The molecule has 0 saturated carbocycles. The number of aryl methyl sites for hydroxylation is 4. The van der Waals surface area contributed by atoms with E-state index in [-0.39, 0.29) is 5.91 Å². The van der Waals surface area contributed by atoms with Gasteiger partial charge in [0.1, 0.15) is 11.4 Å². The minimum Gasteiger partial charge on any atom is -0.337 e. The Kier molecular flexibility index (Phi) is 7.25. The summed E-state index contributed by atoms with van der Waals surface area (Å²) in [4.78, 5) is 27.3. The maximum atomic E-state index is 12.5. The van der Waals surface area contributed by atoms with E-state index in [2.05, 4.69) is 92.7 Å². The Balaban J connectivity index is 1.30. The highest BCUT2D eigenvalue weighted by atomic mass is 32.1. The van der Waals surface area contributed by atoms with E-state index in [1.54, 1.807) is 0 Å². The lowest BCUT2D eigenvalue weighted by atomic mass is 10.0. The van der Waals surface area contributed by atoms with Crippen LogP contribution in [-0.2, 0) is 4.79 Å². The Morgan fingerprint density at radius 1 is 0.811 bits per heavy atom. The van der Waals surface area contributed by atoms with Crippen LogP contribution in [0.1, 0.15) is 21.7 Å². The lowest BCUT2D eigenvalue weighted by Gasteiger charge is -2.34. The van der Waals surface area contributed by atoms with Crippen molar-refractivity contribution in [2.45, 2.75) is 27.7 Å². The zero-order chi connectivity index (χ0) is 25.9. The van der Waals surface area contributed by atoms with Crippen molar-refractivity contribution in [3.63, 3.8) is 0 Å². The van der Waals surface area contributed by atoms with Crippen LogP contribution in [0.4, 0.5) is 11.1 Å². The van der Waals surface area contributed by atoms with E-state index in [4.69, 9.17) is 4.98 Å². The van der Waals surface area contributed by atoms with Gasteiger partial charge in [-0.1, -0.05) is 59.7 Å². The van der Waals surface area contributed by atoms with E-state index in [1.165, 1.54) is 22.5 Å². The summed E-state index contributed by atoms with van der Waals surface area (Å²) in [6.07, 6.45) is 0. The molecule has 9 heteroatoms. The predicted molar refractivity (Wildman–Crippen MR) is 149 cm³/mol. The predicted octanol–water partition coefficient (Wildman–Crippen LogP) is 4.66. The molecule has 2 aromatic heterocycles. The van der Waals surface area contributed by atoms with Gasteiger partial charge in [0, 0.05) is 42.2 Å². The number of thiazole rings is 1. The number of nitrogens with one attached hydrogen (secondary N) is 1. The molecule has 0 aliphatic carbocycles. The molecule has 0 bridgehead atoms.